The number of hydrogen-bond acceptors (Lipinski definition) is 5. The zero-order valence-electron chi connectivity index (χ0n) is 13.7. The molecule has 1 aromatic heterocycles. The fourth-order valence-corrected chi connectivity index (χ4v) is 2.60. The third-order valence-electron chi connectivity index (χ3n) is 3.90. The number of carbonyl (C=O) groups excluding carboxylic acids is 1. The van der Waals surface area contributed by atoms with Gasteiger partial charge in [0.1, 0.15) is 17.7 Å². The molecule has 0 aliphatic carbocycles. The number of hydrogen-bond donors (Lipinski definition) is 2. The van der Waals surface area contributed by atoms with Crippen LogP contribution in [-0.4, -0.2) is 34.2 Å². The Balaban J connectivity index is 1.62. The van der Waals surface area contributed by atoms with Crippen molar-refractivity contribution in [3.05, 3.63) is 54.0 Å². The summed E-state index contributed by atoms with van der Waals surface area (Å²) in [5.41, 5.74) is 0.595. The van der Waals surface area contributed by atoms with E-state index in [1.165, 1.54) is 24.4 Å². The average molecular weight is 360 g/mol. The van der Waals surface area contributed by atoms with Gasteiger partial charge in [0.05, 0.1) is 0 Å². The van der Waals surface area contributed by atoms with Gasteiger partial charge in [-0.2, -0.15) is 0 Å². The highest BCUT2D eigenvalue weighted by Crippen LogP contribution is 2.24. The van der Waals surface area contributed by atoms with E-state index in [1.54, 1.807) is 18.2 Å². The molecule has 1 aromatic carbocycles. The number of rotatable bonds is 6. The van der Waals surface area contributed by atoms with E-state index in [4.69, 9.17) is 14.6 Å². The number of aliphatic carboxylic acids is 1. The van der Waals surface area contributed by atoms with Crippen molar-refractivity contribution in [3.63, 3.8) is 0 Å². The summed E-state index contributed by atoms with van der Waals surface area (Å²) >= 11 is 0. The second kappa shape index (κ2) is 7.92. The molecule has 7 nitrogen and oxygen atoms in total. The molecule has 1 fully saturated rings. The first-order valence-corrected chi connectivity index (χ1v) is 8.06. The largest absolute Gasteiger partial charge is 0.479 e. The third kappa shape index (κ3) is 4.34. The van der Waals surface area contributed by atoms with Crippen LogP contribution in [0.25, 0.3) is 0 Å². The van der Waals surface area contributed by atoms with Crippen molar-refractivity contribution in [2.45, 2.75) is 31.6 Å². The van der Waals surface area contributed by atoms with Gasteiger partial charge in [-0.05, 0) is 31.0 Å². The molecule has 8 heteroatoms. The number of aromatic nitrogens is 1. The predicted octanol–water partition coefficient (Wildman–Crippen LogP) is 2.26. The van der Waals surface area contributed by atoms with Crippen molar-refractivity contribution in [1.29, 1.82) is 0 Å². The number of carbonyl (C=O) groups is 2. The van der Waals surface area contributed by atoms with Crippen LogP contribution in [0, 0.1) is 5.82 Å². The number of nitrogens with one attached hydrogen (secondary N) is 1. The number of amides is 1. The lowest BCUT2D eigenvalue weighted by Gasteiger charge is -2.13. The number of benzene rings is 1. The van der Waals surface area contributed by atoms with Crippen molar-refractivity contribution < 1.29 is 28.6 Å². The Labute approximate surface area is 148 Å². The van der Waals surface area contributed by atoms with Crippen LogP contribution in [0.3, 0.4) is 0 Å². The average Bonchev–Trinajstić information content (AvgIpc) is 3.11. The molecule has 0 bridgehead atoms. The smallest absolute Gasteiger partial charge is 0.332 e. The van der Waals surface area contributed by atoms with Crippen molar-refractivity contribution in [2.24, 2.45) is 0 Å². The van der Waals surface area contributed by atoms with Gasteiger partial charge in [0.2, 0.25) is 11.8 Å². The lowest BCUT2D eigenvalue weighted by atomic mass is 10.2. The highest BCUT2D eigenvalue weighted by Gasteiger charge is 2.34. The van der Waals surface area contributed by atoms with E-state index in [1.807, 2.05) is 0 Å². The van der Waals surface area contributed by atoms with Gasteiger partial charge in [-0.25, -0.2) is 14.2 Å². The number of carboxylic acid groups (broad SMARTS) is 1. The Morgan fingerprint density at radius 2 is 2.08 bits per heavy atom. The molecule has 1 aliphatic rings. The predicted molar refractivity (Wildman–Crippen MR) is 88.1 cm³/mol. The van der Waals surface area contributed by atoms with Gasteiger partial charge in [0, 0.05) is 24.4 Å². The normalized spacial score (nSPS) is 19.1. The second-order valence-electron chi connectivity index (χ2n) is 5.77. The molecule has 0 radical (unpaired) electrons. The standard InChI is InChI=1S/C18H17FN2O5/c19-12-4-1-5-13(9-12)25-17-11(3-2-8-20-17)10-21-16(22)14-6-7-15(26-14)18(23)24/h1-5,8-9,14-15H,6-7,10H2,(H,21,22)(H,23,24)/t14-,15+/m0/s1. The monoisotopic (exact) mass is 360 g/mol. The molecule has 1 amide bonds. The summed E-state index contributed by atoms with van der Waals surface area (Å²) in [6.07, 6.45) is 0.435. The number of ether oxygens (including phenoxy) is 2. The van der Waals surface area contributed by atoms with Crippen LogP contribution in [0.5, 0.6) is 11.6 Å². The molecular weight excluding hydrogens is 343 g/mol. The molecule has 2 atom stereocenters. The lowest BCUT2D eigenvalue weighted by Crippen LogP contribution is -2.35. The molecule has 0 spiro atoms. The van der Waals surface area contributed by atoms with Gasteiger partial charge in [-0.3, -0.25) is 4.79 Å². The maximum atomic E-state index is 13.3. The molecule has 1 aliphatic heterocycles. The van der Waals surface area contributed by atoms with Crippen LogP contribution >= 0.6 is 0 Å². The number of halogens is 1. The zero-order valence-corrected chi connectivity index (χ0v) is 13.7. The van der Waals surface area contributed by atoms with E-state index in [-0.39, 0.29) is 12.4 Å². The van der Waals surface area contributed by atoms with Crippen molar-refractivity contribution in [1.82, 2.24) is 10.3 Å². The third-order valence-corrected chi connectivity index (χ3v) is 3.90. The Bertz CT molecular complexity index is 814. The fraction of sp³-hybridized carbons (Fsp3) is 0.278. The number of nitrogens with zero attached hydrogens (tertiary/aromatic N) is 1. The van der Waals surface area contributed by atoms with Crippen LogP contribution in [0.1, 0.15) is 18.4 Å². The topological polar surface area (TPSA) is 97.8 Å². The molecule has 1 saturated heterocycles. The van der Waals surface area contributed by atoms with Gasteiger partial charge in [0.15, 0.2) is 6.10 Å². The molecule has 2 N–H and O–H groups in total. The zero-order chi connectivity index (χ0) is 18.5. The van der Waals surface area contributed by atoms with E-state index < -0.39 is 29.9 Å². The van der Waals surface area contributed by atoms with Crippen LogP contribution in [0.2, 0.25) is 0 Å². The molecule has 26 heavy (non-hydrogen) atoms. The van der Waals surface area contributed by atoms with Crippen LogP contribution in [0.15, 0.2) is 42.6 Å². The first-order chi connectivity index (χ1) is 12.5. The summed E-state index contributed by atoms with van der Waals surface area (Å²) < 4.78 is 24.1. The SMILES string of the molecule is O=C(NCc1cccnc1Oc1cccc(F)c1)[C@@H]1CC[C@H](C(=O)O)O1. The van der Waals surface area contributed by atoms with Crippen LogP contribution in [-0.2, 0) is 20.9 Å². The molecule has 136 valence electrons. The summed E-state index contributed by atoms with van der Waals surface area (Å²) in [4.78, 5) is 27.2. The van der Waals surface area contributed by atoms with Gasteiger partial charge in [-0.15, -0.1) is 0 Å². The second-order valence-corrected chi connectivity index (χ2v) is 5.77. The van der Waals surface area contributed by atoms with Crippen LogP contribution in [0.4, 0.5) is 4.39 Å². The van der Waals surface area contributed by atoms with E-state index in [2.05, 4.69) is 10.3 Å². The maximum absolute atomic E-state index is 13.3. The van der Waals surface area contributed by atoms with E-state index in [0.717, 1.165) is 0 Å². The molecule has 0 saturated carbocycles. The van der Waals surface area contributed by atoms with Gasteiger partial charge >= 0.3 is 5.97 Å². The first-order valence-electron chi connectivity index (χ1n) is 8.06. The number of carboxylic acids is 1. The van der Waals surface area contributed by atoms with Crippen LogP contribution < -0.4 is 10.1 Å². The highest BCUT2D eigenvalue weighted by atomic mass is 19.1. The molecule has 3 rings (SSSR count). The van der Waals surface area contributed by atoms with Gasteiger partial charge < -0.3 is 19.9 Å². The highest BCUT2D eigenvalue weighted by molar-refractivity contribution is 5.82. The van der Waals surface area contributed by atoms with Crippen molar-refractivity contribution in [2.75, 3.05) is 0 Å². The molecule has 0 unspecified atom stereocenters. The number of pyridine rings is 1. The van der Waals surface area contributed by atoms with Gasteiger partial charge in [-0.1, -0.05) is 12.1 Å². The van der Waals surface area contributed by atoms with Crippen molar-refractivity contribution in [3.8, 4) is 11.6 Å². The maximum Gasteiger partial charge on any atom is 0.332 e. The summed E-state index contributed by atoms with van der Waals surface area (Å²) in [5.74, 6) is -1.36. The Morgan fingerprint density at radius 3 is 2.81 bits per heavy atom. The Morgan fingerprint density at radius 1 is 1.27 bits per heavy atom. The van der Waals surface area contributed by atoms with E-state index in [9.17, 15) is 14.0 Å². The van der Waals surface area contributed by atoms with E-state index in [0.29, 0.717) is 24.2 Å². The van der Waals surface area contributed by atoms with Crippen molar-refractivity contribution >= 4 is 11.9 Å². The minimum absolute atomic E-state index is 0.120. The Kier molecular flexibility index (Phi) is 5.43. The lowest BCUT2D eigenvalue weighted by molar-refractivity contribution is -0.151. The molecule has 2 heterocycles. The minimum Gasteiger partial charge on any atom is -0.479 e. The summed E-state index contributed by atoms with van der Waals surface area (Å²) in [5, 5.41) is 11.6. The quantitative estimate of drug-likeness (QED) is 0.820. The molecule has 2 aromatic rings. The summed E-state index contributed by atoms with van der Waals surface area (Å²) in [7, 11) is 0. The first kappa shape index (κ1) is 17.8. The minimum atomic E-state index is -1.07. The summed E-state index contributed by atoms with van der Waals surface area (Å²) in [6, 6.07) is 9.06. The Hall–Kier alpha value is -3.00. The molecular formula is C18H17FN2O5. The fourth-order valence-electron chi connectivity index (χ4n) is 2.60. The van der Waals surface area contributed by atoms with Gasteiger partial charge in [0.25, 0.3) is 0 Å². The summed E-state index contributed by atoms with van der Waals surface area (Å²) in [6.45, 7) is 0.120. The van der Waals surface area contributed by atoms with E-state index >= 15 is 0 Å².